The van der Waals surface area contributed by atoms with E-state index in [-0.39, 0.29) is 17.2 Å². The summed E-state index contributed by atoms with van der Waals surface area (Å²) in [6, 6.07) is 0.0966. The lowest BCUT2D eigenvalue weighted by molar-refractivity contribution is -0.132. The number of rotatable bonds is 6. The van der Waals surface area contributed by atoms with E-state index in [1.807, 2.05) is 0 Å². The van der Waals surface area contributed by atoms with Gasteiger partial charge < -0.3 is 9.80 Å². The van der Waals surface area contributed by atoms with E-state index >= 15 is 0 Å². The number of thioether (sulfide) groups is 1. The molecule has 0 aromatic carbocycles. The van der Waals surface area contributed by atoms with Gasteiger partial charge in [-0.1, -0.05) is 31.0 Å². The Bertz CT molecular complexity index is 643. The average molecular weight is 419 g/mol. The van der Waals surface area contributed by atoms with Gasteiger partial charge in [-0.15, -0.1) is 0 Å². The monoisotopic (exact) mass is 418 g/mol. The zero-order valence-corrected chi connectivity index (χ0v) is 17.6. The Morgan fingerprint density at radius 2 is 1.78 bits per heavy atom. The Morgan fingerprint density at radius 1 is 1.11 bits per heavy atom. The quantitative estimate of drug-likeness (QED) is 0.647. The van der Waals surface area contributed by atoms with Gasteiger partial charge in [0.05, 0.1) is 0 Å². The van der Waals surface area contributed by atoms with Crippen molar-refractivity contribution in [1.82, 2.24) is 18.4 Å². The normalized spacial score (nSPS) is 23.4. The molecule has 2 amide bonds. The van der Waals surface area contributed by atoms with Crippen LogP contribution in [0.3, 0.4) is 0 Å². The topological polar surface area (TPSA) is 81.2 Å². The first-order valence-electron chi connectivity index (χ1n) is 9.82. The van der Waals surface area contributed by atoms with Crippen molar-refractivity contribution in [1.29, 1.82) is 0 Å². The summed E-state index contributed by atoms with van der Waals surface area (Å²) in [4.78, 5) is 27.4. The Morgan fingerprint density at radius 3 is 2.37 bits per heavy atom. The maximum absolute atomic E-state index is 12.9. The molecule has 10 heteroatoms. The van der Waals surface area contributed by atoms with E-state index in [0.29, 0.717) is 45.7 Å². The lowest BCUT2D eigenvalue weighted by Gasteiger charge is -2.38. The smallest absolute Gasteiger partial charge is 0.282 e. The van der Waals surface area contributed by atoms with Crippen LogP contribution in [0.2, 0.25) is 0 Å². The van der Waals surface area contributed by atoms with E-state index in [4.69, 9.17) is 0 Å². The van der Waals surface area contributed by atoms with Gasteiger partial charge in [-0.05, 0) is 12.8 Å². The van der Waals surface area contributed by atoms with E-state index in [9.17, 15) is 18.0 Å². The highest BCUT2D eigenvalue weighted by Crippen LogP contribution is 2.25. The lowest BCUT2D eigenvalue weighted by Crippen LogP contribution is -2.55. The first kappa shape index (κ1) is 20.9. The molecule has 3 aliphatic rings. The SMILES string of the molecule is CN(C1CCCCC1)S(=O)(=O)N1CCN(C(=O)CCN2CCSC2=O)CC1. The molecule has 27 heavy (non-hydrogen) atoms. The standard InChI is InChI=1S/C17H30N4O4S2/c1-18(15-5-3-2-4-6-15)27(24,25)21-11-9-19(10-12-21)16(22)7-8-20-13-14-26-17(20)23/h15H,2-14H2,1H3. The minimum absolute atomic E-state index is 0.00242. The van der Waals surface area contributed by atoms with Crippen LogP contribution >= 0.6 is 11.8 Å². The second-order valence-corrected chi connectivity index (χ2v) is 10.5. The van der Waals surface area contributed by atoms with Gasteiger partial charge in [0.1, 0.15) is 0 Å². The third kappa shape index (κ3) is 4.96. The van der Waals surface area contributed by atoms with Crippen LogP contribution in [0.5, 0.6) is 0 Å². The van der Waals surface area contributed by atoms with Gasteiger partial charge >= 0.3 is 0 Å². The first-order chi connectivity index (χ1) is 12.9. The summed E-state index contributed by atoms with van der Waals surface area (Å²) in [5, 5.41) is 0.0458. The Labute approximate surface area is 166 Å². The van der Waals surface area contributed by atoms with Crippen LogP contribution < -0.4 is 0 Å². The molecule has 2 heterocycles. The third-order valence-electron chi connectivity index (χ3n) is 5.81. The Kier molecular flexibility index (Phi) is 7.04. The number of carbonyl (C=O) groups is 2. The van der Waals surface area contributed by atoms with Crippen molar-refractivity contribution < 1.29 is 18.0 Å². The molecule has 3 fully saturated rings. The van der Waals surface area contributed by atoms with Crippen LogP contribution in [0.1, 0.15) is 38.5 Å². The van der Waals surface area contributed by atoms with Crippen LogP contribution in [0.15, 0.2) is 0 Å². The lowest BCUT2D eigenvalue weighted by atomic mass is 9.96. The molecule has 8 nitrogen and oxygen atoms in total. The second kappa shape index (κ2) is 9.11. The molecule has 1 aliphatic carbocycles. The average Bonchev–Trinajstić information content (AvgIpc) is 3.11. The summed E-state index contributed by atoms with van der Waals surface area (Å²) in [5.41, 5.74) is 0. The van der Waals surface area contributed by atoms with Gasteiger partial charge in [0, 0.05) is 64.5 Å². The van der Waals surface area contributed by atoms with E-state index in [0.717, 1.165) is 31.4 Å². The molecule has 2 saturated heterocycles. The second-order valence-electron chi connectivity index (χ2n) is 7.45. The summed E-state index contributed by atoms with van der Waals surface area (Å²) < 4.78 is 28.8. The van der Waals surface area contributed by atoms with Gasteiger partial charge in [-0.2, -0.15) is 17.0 Å². The highest BCUT2D eigenvalue weighted by molar-refractivity contribution is 8.13. The van der Waals surface area contributed by atoms with Crippen LogP contribution in [0, 0.1) is 0 Å². The molecule has 0 bridgehead atoms. The first-order valence-corrected chi connectivity index (χ1v) is 12.2. The minimum Gasteiger partial charge on any atom is -0.340 e. The number of hydrogen-bond acceptors (Lipinski definition) is 5. The van der Waals surface area contributed by atoms with Gasteiger partial charge in [0.15, 0.2) is 0 Å². The summed E-state index contributed by atoms with van der Waals surface area (Å²) >= 11 is 1.29. The maximum atomic E-state index is 12.9. The number of nitrogens with zero attached hydrogens (tertiary/aromatic N) is 4. The van der Waals surface area contributed by atoms with Crippen LogP contribution in [0.4, 0.5) is 4.79 Å². The third-order valence-corrected chi connectivity index (χ3v) is 8.75. The maximum Gasteiger partial charge on any atom is 0.282 e. The fourth-order valence-electron chi connectivity index (χ4n) is 4.00. The molecular weight excluding hydrogens is 388 g/mol. The van der Waals surface area contributed by atoms with E-state index in [1.54, 1.807) is 21.2 Å². The number of amides is 2. The van der Waals surface area contributed by atoms with E-state index in [2.05, 4.69) is 0 Å². The predicted octanol–water partition coefficient (Wildman–Crippen LogP) is 1.20. The number of piperazine rings is 1. The molecule has 1 saturated carbocycles. The molecule has 2 aliphatic heterocycles. The predicted molar refractivity (Wildman–Crippen MR) is 106 cm³/mol. The van der Waals surface area contributed by atoms with Crippen molar-refractivity contribution in [2.75, 3.05) is 52.1 Å². The van der Waals surface area contributed by atoms with Gasteiger partial charge in [-0.25, -0.2) is 0 Å². The van der Waals surface area contributed by atoms with Crippen molar-refractivity contribution in [3.8, 4) is 0 Å². The van der Waals surface area contributed by atoms with Crippen LogP contribution in [-0.4, -0.2) is 96.1 Å². The largest absolute Gasteiger partial charge is 0.340 e. The van der Waals surface area contributed by atoms with Gasteiger partial charge in [0.2, 0.25) is 5.91 Å². The molecule has 0 atom stereocenters. The summed E-state index contributed by atoms with van der Waals surface area (Å²) in [6.07, 6.45) is 5.53. The highest BCUT2D eigenvalue weighted by Gasteiger charge is 2.35. The van der Waals surface area contributed by atoms with E-state index in [1.165, 1.54) is 22.5 Å². The van der Waals surface area contributed by atoms with Crippen molar-refractivity contribution in [3.63, 3.8) is 0 Å². The molecule has 154 valence electrons. The highest BCUT2D eigenvalue weighted by atomic mass is 32.2. The molecule has 0 spiro atoms. The van der Waals surface area contributed by atoms with Crippen molar-refractivity contribution in [2.24, 2.45) is 0 Å². The zero-order valence-electron chi connectivity index (χ0n) is 16.0. The molecule has 0 aromatic rings. The number of carbonyl (C=O) groups excluding carboxylic acids is 2. The van der Waals surface area contributed by atoms with Crippen LogP contribution in [-0.2, 0) is 15.0 Å². The van der Waals surface area contributed by atoms with Crippen molar-refractivity contribution in [3.05, 3.63) is 0 Å². The minimum atomic E-state index is -3.47. The fourth-order valence-corrected chi connectivity index (χ4v) is 6.43. The molecule has 0 radical (unpaired) electrons. The zero-order chi connectivity index (χ0) is 19.4. The molecule has 0 N–H and O–H groups in total. The molecule has 3 rings (SSSR count). The number of hydrogen-bond donors (Lipinski definition) is 0. The fraction of sp³-hybridized carbons (Fsp3) is 0.882. The van der Waals surface area contributed by atoms with Crippen molar-refractivity contribution in [2.45, 2.75) is 44.6 Å². The van der Waals surface area contributed by atoms with E-state index < -0.39 is 10.2 Å². The summed E-state index contributed by atoms with van der Waals surface area (Å²) in [7, 11) is -1.78. The molecule has 0 unspecified atom stereocenters. The summed E-state index contributed by atoms with van der Waals surface area (Å²) in [5.74, 6) is 0.787. The molecule has 0 aromatic heterocycles. The Balaban J connectivity index is 1.47. The van der Waals surface area contributed by atoms with Gasteiger partial charge in [0.25, 0.3) is 15.4 Å². The van der Waals surface area contributed by atoms with Crippen molar-refractivity contribution >= 4 is 33.1 Å². The molecular formula is C17H30N4O4S2. The summed E-state index contributed by atoms with van der Waals surface area (Å²) in [6.45, 7) is 2.66. The van der Waals surface area contributed by atoms with Crippen LogP contribution in [0.25, 0.3) is 0 Å². The van der Waals surface area contributed by atoms with Gasteiger partial charge in [-0.3, -0.25) is 9.59 Å². The Hall–Kier alpha value is -0.840.